The summed E-state index contributed by atoms with van der Waals surface area (Å²) in [5, 5.41) is 14.0. The maximum atomic E-state index is 13.2. The fraction of sp³-hybridized carbons (Fsp3) is 0.350. The fourth-order valence-electron chi connectivity index (χ4n) is 3.53. The van der Waals surface area contributed by atoms with E-state index in [1.807, 2.05) is 44.2 Å². The Morgan fingerprint density at radius 2 is 1.86 bits per heavy atom. The summed E-state index contributed by atoms with van der Waals surface area (Å²) in [6, 6.07) is 13.2. The molecule has 0 aliphatic carbocycles. The Kier molecular flexibility index (Phi) is 6.28. The summed E-state index contributed by atoms with van der Waals surface area (Å²) < 4.78 is 5.79. The van der Waals surface area contributed by atoms with Crippen LogP contribution in [0.3, 0.4) is 0 Å². The Labute approximate surface area is 168 Å². The molecule has 1 heterocycles. The molecule has 2 aromatic carbocycles. The number of rotatable bonds is 5. The number of carbonyl (C=O) groups is 1. The molecule has 0 unspecified atom stereocenters. The van der Waals surface area contributed by atoms with Gasteiger partial charge in [0.1, 0.15) is 11.1 Å². The summed E-state index contributed by atoms with van der Waals surface area (Å²) in [6.07, 6.45) is -0.00115. The molecule has 1 saturated heterocycles. The molecule has 8 heteroatoms. The summed E-state index contributed by atoms with van der Waals surface area (Å²) in [6.45, 7) is 5.17. The van der Waals surface area contributed by atoms with E-state index in [9.17, 15) is 14.9 Å². The van der Waals surface area contributed by atoms with Crippen LogP contribution in [0.5, 0.6) is 0 Å². The largest absolute Gasteiger partial charge is 0.373 e. The van der Waals surface area contributed by atoms with Crippen LogP contribution in [0.4, 0.5) is 11.4 Å². The van der Waals surface area contributed by atoms with Gasteiger partial charge in [0.2, 0.25) is 5.91 Å². The van der Waals surface area contributed by atoms with Crippen LogP contribution in [0.1, 0.15) is 25.5 Å². The van der Waals surface area contributed by atoms with Gasteiger partial charge in [0.05, 0.1) is 17.1 Å². The number of nitrogens with zero attached hydrogens (tertiary/aromatic N) is 2. The van der Waals surface area contributed by atoms with Crippen LogP contribution in [0, 0.1) is 10.1 Å². The number of nitro benzene ring substituents is 1. The summed E-state index contributed by atoms with van der Waals surface area (Å²) in [4.78, 5) is 25.8. The molecule has 3 atom stereocenters. The lowest BCUT2D eigenvalue weighted by molar-refractivity contribution is -0.384. The fourth-order valence-corrected chi connectivity index (χ4v) is 3.72. The normalized spacial score (nSPS) is 21.1. The number of benzene rings is 2. The van der Waals surface area contributed by atoms with Crippen molar-refractivity contribution in [3.05, 3.63) is 69.2 Å². The smallest absolute Gasteiger partial charge is 0.289 e. The third kappa shape index (κ3) is 4.67. The van der Waals surface area contributed by atoms with Gasteiger partial charge in [-0.3, -0.25) is 19.8 Å². The molecule has 28 heavy (non-hydrogen) atoms. The number of morpholine rings is 1. The number of anilines is 1. The standard InChI is InChI=1S/C20H22ClN3O4/c1-13-11-23(12-14(2)28-13)19(15-6-4-3-5-7-15)20(25)22-16-8-9-17(21)18(10-16)24(26)27/h3-10,13-14,19H,11-12H2,1-2H3,(H,22,25)/t13-,14+,19-/m1/s1. The van der Waals surface area contributed by atoms with Crippen LogP contribution in [0.15, 0.2) is 48.5 Å². The molecule has 0 aromatic heterocycles. The van der Waals surface area contributed by atoms with Gasteiger partial charge in [-0.25, -0.2) is 0 Å². The van der Waals surface area contributed by atoms with Gasteiger partial charge in [-0.2, -0.15) is 0 Å². The number of hydrogen-bond donors (Lipinski definition) is 1. The number of carbonyl (C=O) groups excluding carboxylic acids is 1. The minimum Gasteiger partial charge on any atom is -0.373 e. The zero-order valence-corrected chi connectivity index (χ0v) is 16.4. The summed E-state index contributed by atoms with van der Waals surface area (Å²) in [5.74, 6) is -0.260. The van der Waals surface area contributed by atoms with E-state index in [1.165, 1.54) is 12.1 Å². The molecule has 1 aliphatic rings. The maximum absolute atomic E-state index is 13.2. The van der Waals surface area contributed by atoms with E-state index in [-0.39, 0.29) is 28.8 Å². The van der Waals surface area contributed by atoms with Crippen molar-refractivity contribution in [2.75, 3.05) is 18.4 Å². The second kappa shape index (κ2) is 8.68. The lowest BCUT2D eigenvalue weighted by Gasteiger charge is -2.39. The minimum atomic E-state index is -0.571. The molecule has 0 radical (unpaired) electrons. The lowest BCUT2D eigenvalue weighted by atomic mass is 10.0. The first-order valence-electron chi connectivity index (χ1n) is 9.04. The highest BCUT2D eigenvalue weighted by Gasteiger charge is 2.33. The Bertz CT molecular complexity index is 852. The topological polar surface area (TPSA) is 84.7 Å². The van der Waals surface area contributed by atoms with E-state index < -0.39 is 11.0 Å². The van der Waals surface area contributed by atoms with Crippen molar-refractivity contribution in [2.45, 2.75) is 32.1 Å². The van der Waals surface area contributed by atoms with E-state index in [4.69, 9.17) is 16.3 Å². The monoisotopic (exact) mass is 403 g/mol. The highest BCUT2D eigenvalue weighted by molar-refractivity contribution is 6.32. The number of halogens is 1. The Morgan fingerprint density at radius 3 is 2.46 bits per heavy atom. The second-order valence-electron chi connectivity index (χ2n) is 6.94. The zero-order valence-electron chi connectivity index (χ0n) is 15.7. The van der Waals surface area contributed by atoms with Gasteiger partial charge in [0.15, 0.2) is 0 Å². The van der Waals surface area contributed by atoms with E-state index in [0.717, 1.165) is 5.56 Å². The molecule has 1 fully saturated rings. The van der Waals surface area contributed by atoms with Crippen LogP contribution in [-0.4, -0.2) is 41.0 Å². The van der Waals surface area contributed by atoms with Crippen LogP contribution in [0.25, 0.3) is 0 Å². The third-order valence-electron chi connectivity index (χ3n) is 4.59. The molecule has 0 bridgehead atoms. The minimum absolute atomic E-state index is 0.000573. The zero-order chi connectivity index (χ0) is 20.3. The highest BCUT2D eigenvalue weighted by Crippen LogP contribution is 2.30. The molecule has 3 rings (SSSR count). The van der Waals surface area contributed by atoms with Crippen molar-refractivity contribution in [2.24, 2.45) is 0 Å². The van der Waals surface area contributed by atoms with Crippen molar-refractivity contribution in [3.63, 3.8) is 0 Å². The predicted octanol–water partition coefficient (Wildman–Crippen LogP) is 4.04. The SMILES string of the molecule is C[C@@H]1CN([C@@H](C(=O)Nc2ccc(Cl)c([N+](=O)[O-])c2)c2ccccc2)C[C@H](C)O1. The number of hydrogen-bond acceptors (Lipinski definition) is 5. The van der Waals surface area contributed by atoms with Crippen molar-refractivity contribution in [1.29, 1.82) is 0 Å². The molecule has 1 aliphatic heterocycles. The summed E-state index contributed by atoms with van der Waals surface area (Å²) in [7, 11) is 0. The van der Waals surface area contributed by atoms with E-state index in [1.54, 1.807) is 6.07 Å². The van der Waals surface area contributed by atoms with E-state index >= 15 is 0 Å². The van der Waals surface area contributed by atoms with E-state index in [0.29, 0.717) is 18.8 Å². The highest BCUT2D eigenvalue weighted by atomic mass is 35.5. The van der Waals surface area contributed by atoms with Crippen LogP contribution < -0.4 is 5.32 Å². The van der Waals surface area contributed by atoms with Gasteiger partial charge in [0.25, 0.3) is 5.69 Å². The average Bonchev–Trinajstić information content (AvgIpc) is 2.63. The quantitative estimate of drug-likeness (QED) is 0.601. The Balaban J connectivity index is 1.89. The number of ether oxygens (including phenoxy) is 1. The van der Waals surface area contributed by atoms with Crippen molar-refractivity contribution >= 4 is 28.9 Å². The predicted molar refractivity (Wildman–Crippen MR) is 108 cm³/mol. The van der Waals surface area contributed by atoms with Crippen LogP contribution >= 0.6 is 11.6 Å². The lowest BCUT2D eigenvalue weighted by Crippen LogP contribution is -2.49. The molecule has 1 amide bonds. The van der Waals surface area contributed by atoms with Gasteiger partial charge < -0.3 is 10.1 Å². The van der Waals surface area contributed by atoms with E-state index in [2.05, 4.69) is 10.2 Å². The molecule has 2 aromatic rings. The molecule has 1 N–H and O–H groups in total. The molecule has 148 valence electrons. The number of nitro groups is 1. The maximum Gasteiger partial charge on any atom is 0.289 e. The molecular weight excluding hydrogens is 382 g/mol. The third-order valence-corrected chi connectivity index (χ3v) is 4.91. The van der Waals surface area contributed by atoms with Gasteiger partial charge >= 0.3 is 0 Å². The molecule has 0 spiro atoms. The van der Waals surface area contributed by atoms with Gasteiger partial charge in [-0.05, 0) is 31.5 Å². The van der Waals surface area contributed by atoms with Crippen LogP contribution in [-0.2, 0) is 9.53 Å². The number of nitrogens with one attached hydrogen (secondary N) is 1. The molecule has 7 nitrogen and oxygen atoms in total. The first kappa shape index (κ1) is 20.3. The Morgan fingerprint density at radius 1 is 1.21 bits per heavy atom. The van der Waals surface area contributed by atoms with Crippen molar-refractivity contribution < 1.29 is 14.5 Å². The summed E-state index contributed by atoms with van der Waals surface area (Å²) >= 11 is 5.86. The van der Waals surface area contributed by atoms with Crippen LogP contribution in [0.2, 0.25) is 5.02 Å². The van der Waals surface area contributed by atoms with Gasteiger partial charge in [-0.15, -0.1) is 0 Å². The molecular formula is C20H22ClN3O4. The number of amides is 1. The summed E-state index contributed by atoms with van der Waals surface area (Å²) in [5.41, 5.74) is 0.936. The first-order valence-corrected chi connectivity index (χ1v) is 9.42. The first-order chi connectivity index (χ1) is 13.3. The second-order valence-corrected chi connectivity index (χ2v) is 7.34. The Hall–Kier alpha value is -2.48. The van der Waals surface area contributed by atoms with Gasteiger partial charge in [-0.1, -0.05) is 41.9 Å². The van der Waals surface area contributed by atoms with Gasteiger partial charge in [0, 0.05) is 24.8 Å². The molecule has 0 saturated carbocycles. The van der Waals surface area contributed by atoms with Crippen molar-refractivity contribution in [1.82, 2.24) is 4.90 Å². The average molecular weight is 404 g/mol. The van der Waals surface area contributed by atoms with Crippen molar-refractivity contribution in [3.8, 4) is 0 Å².